The minimum absolute atomic E-state index is 0.0112. The van der Waals surface area contributed by atoms with Crippen LogP contribution in [0.4, 0.5) is 4.39 Å². The van der Waals surface area contributed by atoms with E-state index in [9.17, 15) is 9.18 Å². The molecule has 1 aromatic carbocycles. The van der Waals surface area contributed by atoms with E-state index in [1.54, 1.807) is 4.90 Å². The molecule has 2 atom stereocenters. The summed E-state index contributed by atoms with van der Waals surface area (Å²) >= 11 is 5.84. The average Bonchev–Trinajstić information content (AvgIpc) is 2.36. The molecular weight excluding hydrogens is 285 g/mol. The van der Waals surface area contributed by atoms with Gasteiger partial charge in [0.25, 0.3) is 5.91 Å². The molecule has 0 radical (unpaired) electrons. The van der Waals surface area contributed by atoms with Crippen LogP contribution in [-0.2, 0) is 9.53 Å². The summed E-state index contributed by atoms with van der Waals surface area (Å²) < 4.78 is 23.8. The van der Waals surface area contributed by atoms with Crippen LogP contribution in [0.5, 0.6) is 5.75 Å². The van der Waals surface area contributed by atoms with Crippen molar-refractivity contribution in [3.63, 3.8) is 0 Å². The lowest BCUT2D eigenvalue weighted by molar-refractivity contribution is -0.145. The van der Waals surface area contributed by atoms with E-state index in [1.165, 1.54) is 12.1 Å². The van der Waals surface area contributed by atoms with E-state index in [0.717, 1.165) is 6.07 Å². The van der Waals surface area contributed by atoms with Gasteiger partial charge < -0.3 is 14.4 Å². The normalized spacial score (nSPS) is 22.7. The van der Waals surface area contributed by atoms with Gasteiger partial charge in [-0.1, -0.05) is 11.6 Å². The summed E-state index contributed by atoms with van der Waals surface area (Å²) in [4.78, 5) is 13.8. The van der Waals surface area contributed by atoms with Crippen LogP contribution >= 0.6 is 11.6 Å². The summed E-state index contributed by atoms with van der Waals surface area (Å²) in [6.07, 6.45) is 0.0224. The predicted molar refractivity (Wildman–Crippen MR) is 73.5 cm³/mol. The molecule has 0 N–H and O–H groups in total. The molecule has 110 valence electrons. The highest BCUT2D eigenvalue weighted by Gasteiger charge is 2.26. The van der Waals surface area contributed by atoms with Crippen molar-refractivity contribution < 1.29 is 18.7 Å². The van der Waals surface area contributed by atoms with E-state index in [-0.39, 0.29) is 29.7 Å². The molecule has 0 bridgehead atoms. The smallest absolute Gasteiger partial charge is 0.260 e. The van der Waals surface area contributed by atoms with E-state index in [0.29, 0.717) is 18.8 Å². The van der Waals surface area contributed by atoms with E-state index < -0.39 is 5.82 Å². The van der Waals surface area contributed by atoms with Crippen LogP contribution in [0.1, 0.15) is 13.8 Å². The molecular formula is C14H17ClFNO3. The maximum atomic E-state index is 12.9. The summed E-state index contributed by atoms with van der Waals surface area (Å²) in [6.45, 7) is 4.82. The number of amides is 1. The summed E-state index contributed by atoms with van der Waals surface area (Å²) in [5.74, 6) is -0.271. The molecule has 2 rings (SSSR count). The third-order valence-corrected chi connectivity index (χ3v) is 3.31. The van der Waals surface area contributed by atoms with Crippen molar-refractivity contribution in [2.75, 3.05) is 19.7 Å². The lowest BCUT2D eigenvalue weighted by Gasteiger charge is -2.35. The molecule has 1 saturated heterocycles. The fourth-order valence-electron chi connectivity index (χ4n) is 2.20. The highest BCUT2D eigenvalue weighted by molar-refractivity contribution is 6.32. The average molecular weight is 302 g/mol. The third kappa shape index (κ3) is 3.84. The molecule has 0 spiro atoms. The van der Waals surface area contributed by atoms with Gasteiger partial charge in [-0.25, -0.2) is 4.39 Å². The fourth-order valence-corrected chi connectivity index (χ4v) is 2.43. The second kappa shape index (κ2) is 6.41. The van der Waals surface area contributed by atoms with Crippen LogP contribution in [0.2, 0.25) is 5.02 Å². The quantitative estimate of drug-likeness (QED) is 0.861. The van der Waals surface area contributed by atoms with Crippen molar-refractivity contribution in [2.24, 2.45) is 0 Å². The summed E-state index contributed by atoms with van der Waals surface area (Å²) in [5.41, 5.74) is 0. The molecule has 4 nitrogen and oxygen atoms in total. The monoisotopic (exact) mass is 301 g/mol. The van der Waals surface area contributed by atoms with E-state index in [4.69, 9.17) is 21.1 Å². The number of carbonyl (C=O) groups is 1. The number of hydrogen-bond donors (Lipinski definition) is 0. The summed E-state index contributed by atoms with van der Waals surface area (Å²) in [5, 5.41) is 0.154. The standard InChI is InChI=1S/C14H17ClFNO3/c1-9-6-17(7-10(2)20-9)14(18)8-19-13-4-3-11(16)5-12(13)15/h3-5,9-10H,6-8H2,1-2H3/t9-,10+. The first-order valence-electron chi connectivity index (χ1n) is 6.47. The van der Waals surface area contributed by atoms with E-state index in [2.05, 4.69) is 0 Å². The second-order valence-electron chi connectivity index (χ2n) is 4.92. The molecule has 0 aromatic heterocycles. The number of ether oxygens (including phenoxy) is 2. The first-order chi connectivity index (χ1) is 9.45. The number of morpholine rings is 1. The maximum absolute atomic E-state index is 12.9. The number of hydrogen-bond acceptors (Lipinski definition) is 3. The molecule has 1 amide bonds. The van der Waals surface area contributed by atoms with Crippen molar-refractivity contribution in [3.8, 4) is 5.75 Å². The summed E-state index contributed by atoms with van der Waals surface area (Å²) in [6, 6.07) is 3.81. The van der Waals surface area contributed by atoms with Crippen LogP contribution in [-0.4, -0.2) is 42.7 Å². The van der Waals surface area contributed by atoms with Crippen molar-refractivity contribution in [3.05, 3.63) is 29.0 Å². The molecule has 20 heavy (non-hydrogen) atoms. The number of benzene rings is 1. The third-order valence-electron chi connectivity index (χ3n) is 3.02. The zero-order valence-electron chi connectivity index (χ0n) is 11.4. The molecule has 0 saturated carbocycles. The largest absolute Gasteiger partial charge is 0.482 e. The highest BCUT2D eigenvalue weighted by atomic mass is 35.5. The molecule has 1 heterocycles. The molecule has 1 fully saturated rings. The van der Waals surface area contributed by atoms with Crippen LogP contribution in [0.3, 0.4) is 0 Å². The van der Waals surface area contributed by atoms with Crippen LogP contribution in [0.15, 0.2) is 18.2 Å². The Morgan fingerprint density at radius 2 is 2.10 bits per heavy atom. The predicted octanol–water partition coefficient (Wildman–Crippen LogP) is 2.49. The van der Waals surface area contributed by atoms with Gasteiger partial charge in [-0.2, -0.15) is 0 Å². The van der Waals surface area contributed by atoms with Crippen LogP contribution in [0.25, 0.3) is 0 Å². The number of halogens is 2. The van der Waals surface area contributed by atoms with Gasteiger partial charge in [0.2, 0.25) is 0 Å². The number of carbonyl (C=O) groups excluding carboxylic acids is 1. The van der Waals surface area contributed by atoms with Gasteiger partial charge in [-0.3, -0.25) is 4.79 Å². The van der Waals surface area contributed by atoms with Gasteiger partial charge in [-0.15, -0.1) is 0 Å². The topological polar surface area (TPSA) is 38.8 Å². The zero-order valence-corrected chi connectivity index (χ0v) is 12.2. The minimum atomic E-state index is -0.440. The number of rotatable bonds is 3. The van der Waals surface area contributed by atoms with Gasteiger partial charge in [-0.05, 0) is 32.0 Å². The first-order valence-corrected chi connectivity index (χ1v) is 6.84. The maximum Gasteiger partial charge on any atom is 0.260 e. The van der Waals surface area contributed by atoms with Gasteiger partial charge >= 0.3 is 0 Å². The second-order valence-corrected chi connectivity index (χ2v) is 5.33. The van der Waals surface area contributed by atoms with E-state index >= 15 is 0 Å². The SMILES string of the molecule is C[C@@H]1CN(C(=O)COc2ccc(F)cc2Cl)C[C@H](C)O1. The van der Waals surface area contributed by atoms with Crippen LogP contribution < -0.4 is 4.74 Å². The Hall–Kier alpha value is -1.33. The molecule has 1 aliphatic heterocycles. The Balaban J connectivity index is 1.91. The van der Waals surface area contributed by atoms with Gasteiger partial charge in [0, 0.05) is 13.1 Å². The Morgan fingerprint density at radius 3 is 2.70 bits per heavy atom. The van der Waals surface area contributed by atoms with Crippen molar-refractivity contribution >= 4 is 17.5 Å². The summed E-state index contributed by atoms with van der Waals surface area (Å²) in [7, 11) is 0. The van der Waals surface area contributed by atoms with Crippen LogP contribution in [0, 0.1) is 5.82 Å². The Morgan fingerprint density at radius 1 is 1.45 bits per heavy atom. The van der Waals surface area contributed by atoms with Crippen molar-refractivity contribution in [2.45, 2.75) is 26.1 Å². The first kappa shape index (κ1) is 15.1. The lowest BCUT2D eigenvalue weighted by atomic mass is 10.2. The van der Waals surface area contributed by atoms with E-state index in [1.807, 2.05) is 13.8 Å². The van der Waals surface area contributed by atoms with Crippen molar-refractivity contribution in [1.82, 2.24) is 4.90 Å². The Bertz CT molecular complexity index is 487. The van der Waals surface area contributed by atoms with Gasteiger partial charge in [0.1, 0.15) is 11.6 Å². The fraction of sp³-hybridized carbons (Fsp3) is 0.500. The highest BCUT2D eigenvalue weighted by Crippen LogP contribution is 2.24. The molecule has 6 heteroatoms. The van der Waals surface area contributed by atoms with Gasteiger partial charge in [0.05, 0.1) is 17.2 Å². The Labute approximate surface area is 122 Å². The molecule has 0 unspecified atom stereocenters. The molecule has 0 aliphatic carbocycles. The number of nitrogens with zero attached hydrogens (tertiary/aromatic N) is 1. The molecule has 1 aromatic rings. The van der Waals surface area contributed by atoms with Gasteiger partial charge in [0.15, 0.2) is 6.61 Å². The minimum Gasteiger partial charge on any atom is -0.482 e. The Kier molecular flexibility index (Phi) is 4.83. The lowest BCUT2D eigenvalue weighted by Crippen LogP contribution is -2.49. The molecule has 1 aliphatic rings. The van der Waals surface area contributed by atoms with Crippen molar-refractivity contribution in [1.29, 1.82) is 0 Å². The zero-order chi connectivity index (χ0) is 14.7.